The predicted octanol–water partition coefficient (Wildman–Crippen LogP) is 4.28. The minimum atomic E-state index is 0.00633. The third-order valence-electron chi connectivity index (χ3n) is 4.57. The molecule has 0 saturated carbocycles. The average molecular weight is 384 g/mol. The Bertz CT molecular complexity index is 909. The normalized spacial score (nSPS) is 16.1. The number of halogens is 1. The quantitative estimate of drug-likeness (QED) is 0.731. The summed E-state index contributed by atoms with van der Waals surface area (Å²) >= 11 is 7.55. The summed E-state index contributed by atoms with van der Waals surface area (Å²) in [5.41, 5.74) is 3.07. The van der Waals surface area contributed by atoms with Gasteiger partial charge in [-0.2, -0.15) is 0 Å². The van der Waals surface area contributed by atoms with E-state index in [0.29, 0.717) is 11.6 Å². The van der Waals surface area contributed by atoms with E-state index in [9.17, 15) is 4.79 Å². The summed E-state index contributed by atoms with van der Waals surface area (Å²) in [4.78, 5) is 22.9. The highest BCUT2D eigenvalue weighted by Gasteiger charge is 2.27. The largest absolute Gasteiger partial charge is 0.352 e. The lowest BCUT2D eigenvalue weighted by Crippen LogP contribution is -2.33. The van der Waals surface area contributed by atoms with Gasteiger partial charge in [-0.05, 0) is 49.1 Å². The van der Waals surface area contributed by atoms with E-state index < -0.39 is 0 Å². The fraction of sp³-hybridized carbons (Fsp3) is 0.250. The summed E-state index contributed by atoms with van der Waals surface area (Å²) in [6.07, 6.45) is 4.22. The van der Waals surface area contributed by atoms with Crippen LogP contribution in [0.2, 0.25) is 5.02 Å². The van der Waals surface area contributed by atoms with Gasteiger partial charge in [0.25, 0.3) is 0 Å². The van der Waals surface area contributed by atoms with Crippen molar-refractivity contribution in [3.05, 3.63) is 69.8 Å². The Morgan fingerprint density at radius 3 is 2.85 bits per heavy atom. The molecule has 132 valence electrons. The van der Waals surface area contributed by atoms with Crippen molar-refractivity contribution in [2.75, 3.05) is 0 Å². The maximum Gasteiger partial charge on any atom is 0.223 e. The molecule has 4 nitrogen and oxygen atoms in total. The molecule has 1 aromatic carbocycles. The number of hydrogen-bond donors (Lipinski definition) is 1. The Balaban J connectivity index is 1.40. The van der Waals surface area contributed by atoms with Gasteiger partial charge in [-0.1, -0.05) is 29.8 Å². The van der Waals surface area contributed by atoms with Crippen LogP contribution in [-0.2, 0) is 24.2 Å². The Morgan fingerprint density at radius 1 is 1.23 bits per heavy atom. The number of nitrogens with zero attached hydrogens (tertiary/aromatic N) is 2. The third-order valence-corrected chi connectivity index (χ3v) is 5.97. The van der Waals surface area contributed by atoms with Crippen molar-refractivity contribution in [1.82, 2.24) is 15.3 Å². The molecule has 1 unspecified atom stereocenters. The summed E-state index contributed by atoms with van der Waals surface area (Å²) in [5.74, 6) is 0.116. The first kappa shape index (κ1) is 17.2. The van der Waals surface area contributed by atoms with Crippen LogP contribution in [0.3, 0.4) is 0 Å². The average Bonchev–Trinajstić information content (AvgIpc) is 3.11. The lowest BCUT2D eigenvalue weighted by atomic mass is 9.90. The van der Waals surface area contributed by atoms with Crippen molar-refractivity contribution in [2.45, 2.75) is 25.8 Å². The van der Waals surface area contributed by atoms with Gasteiger partial charge in [0.05, 0.1) is 11.4 Å². The van der Waals surface area contributed by atoms with E-state index in [1.54, 1.807) is 17.5 Å². The maximum atomic E-state index is 12.6. The van der Waals surface area contributed by atoms with Crippen LogP contribution >= 0.6 is 22.9 Å². The zero-order valence-electron chi connectivity index (χ0n) is 14.1. The van der Waals surface area contributed by atoms with E-state index in [-0.39, 0.29) is 11.8 Å². The smallest absolute Gasteiger partial charge is 0.223 e. The summed E-state index contributed by atoms with van der Waals surface area (Å²) in [6.45, 7) is 0.529. The standard InChI is InChI=1S/C20H18ClN3OS/c21-15-7-4-13(5-8-15)12-23-19(25)14-6-9-16-18(11-14)26-20(24-16)17-3-1-2-10-22-17/h1-5,7-8,10,14H,6,9,11-12H2,(H,23,25). The van der Waals surface area contributed by atoms with E-state index in [0.717, 1.165) is 41.2 Å². The number of pyridine rings is 1. The third kappa shape index (κ3) is 3.79. The van der Waals surface area contributed by atoms with Gasteiger partial charge in [0.15, 0.2) is 0 Å². The first-order valence-electron chi connectivity index (χ1n) is 8.61. The first-order valence-corrected chi connectivity index (χ1v) is 9.80. The molecule has 0 saturated heterocycles. The Morgan fingerprint density at radius 2 is 2.08 bits per heavy atom. The van der Waals surface area contributed by atoms with Gasteiger partial charge in [0.2, 0.25) is 5.91 Å². The van der Waals surface area contributed by atoms with Crippen LogP contribution < -0.4 is 5.32 Å². The molecule has 4 rings (SSSR count). The second-order valence-electron chi connectivity index (χ2n) is 6.39. The van der Waals surface area contributed by atoms with Crippen LogP contribution in [0.25, 0.3) is 10.7 Å². The molecule has 0 bridgehead atoms. The van der Waals surface area contributed by atoms with E-state index in [1.165, 1.54) is 4.88 Å². The molecule has 1 N–H and O–H groups in total. The zero-order valence-corrected chi connectivity index (χ0v) is 15.7. The number of nitrogens with one attached hydrogen (secondary N) is 1. The Labute approximate surface area is 161 Å². The number of carbonyl (C=O) groups is 1. The SMILES string of the molecule is O=C(NCc1ccc(Cl)cc1)C1CCc2nc(-c3ccccn3)sc2C1. The van der Waals surface area contributed by atoms with Gasteiger partial charge < -0.3 is 5.32 Å². The predicted molar refractivity (Wildman–Crippen MR) is 104 cm³/mol. The molecular formula is C20H18ClN3OS. The summed E-state index contributed by atoms with van der Waals surface area (Å²) < 4.78 is 0. The minimum absolute atomic E-state index is 0.00633. The fourth-order valence-electron chi connectivity index (χ4n) is 3.13. The fourth-order valence-corrected chi connectivity index (χ4v) is 4.42. The van der Waals surface area contributed by atoms with Crippen molar-refractivity contribution >= 4 is 28.8 Å². The number of aryl methyl sites for hydroxylation is 1. The molecule has 0 fully saturated rings. The monoisotopic (exact) mass is 383 g/mol. The van der Waals surface area contributed by atoms with Gasteiger partial charge in [-0.3, -0.25) is 9.78 Å². The van der Waals surface area contributed by atoms with E-state index in [2.05, 4.69) is 10.3 Å². The number of aromatic nitrogens is 2. The second kappa shape index (κ2) is 7.56. The highest BCUT2D eigenvalue weighted by atomic mass is 35.5. The number of fused-ring (bicyclic) bond motifs is 1. The second-order valence-corrected chi connectivity index (χ2v) is 7.91. The molecule has 2 aromatic heterocycles. The minimum Gasteiger partial charge on any atom is -0.352 e. The molecule has 2 heterocycles. The van der Waals surface area contributed by atoms with Gasteiger partial charge in [-0.25, -0.2) is 4.98 Å². The molecule has 0 spiro atoms. The summed E-state index contributed by atoms with van der Waals surface area (Å²) in [5, 5.41) is 4.69. The molecule has 3 aromatic rings. The van der Waals surface area contributed by atoms with E-state index in [1.807, 2.05) is 42.5 Å². The molecule has 0 radical (unpaired) electrons. The van der Waals surface area contributed by atoms with Crippen LogP contribution in [0.15, 0.2) is 48.7 Å². The topological polar surface area (TPSA) is 54.9 Å². The van der Waals surface area contributed by atoms with Gasteiger partial charge in [0.1, 0.15) is 5.01 Å². The van der Waals surface area contributed by atoms with Crippen LogP contribution in [0.5, 0.6) is 0 Å². The van der Waals surface area contributed by atoms with Crippen LogP contribution in [0, 0.1) is 5.92 Å². The van der Waals surface area contributed by atoms with E-state index >= 15 is 0 Å². The highest BCUT2D eigenvalue weighted by Crippen LogP contribution is 2.34. The molecule has 6 heteroatoms. The van der Waals surface area contributed by atoms with Gasteiger partial charge >= 0.3 is 0 Å². The van der Waals surface area contributed by atoms with Crippen LogP contribution in [-0.4, -0.2) is 15.9 Å². The van der Waals surface area contributed by atoms with Crippen molar-refractivity contribution in [3.63, 3.8) is 0 Å². The Hall–Kier alpha value is -2.24. The zero-order chi connectivity index (χ0) is 17.9. The first-order chi connectivity index (χ1) is 12.7. The van der Waals surface area contributed by atoms with Crippen molar-refractivity contribution in [3.8, 4) is 10.7 Å². The van der Waals surface area contributed by atoms with Crippen LogP contribution in [0.1, 0.15) is 22.6 Å². The lowest BCUT2D eigenvalue weighted by Gasteiger charge is -2.20. The maximum absolute atomic E-state index is 12.6. The van der Waals surface area contributed by atoms with Gasteiger partial charge in [-0.15, -0.1) is 11.3 Å². The summed E-state index contributed by atoms with van der Waals surface area (Å²) in [6, 6.07) is 13.4. The number of rotatable bonds is 4. The molecule has 1 atom stereocenters. The lowest BCUT2D eigenvalue weighted by molar-refractivity contribution is -0.125. The van der Waals surface area contributed by atoms with Crippen LogP contribution in [0.4, 0.5) is 0 Å². The number of carbonyl (C=O) groups excluding carboxylic acids is 1. The van der Waals surface area contributed by atoms with Gasteiger partial charge in [0, 0.05) is 28.6 Å². The molecule has 26 heavy (non-hydrogen) atoms. The molecule has 1 aliphatic carbocycles. The summed E-state index contributed by atoms with van der Waals surface area (Å²) in [7, 11) is 0. The molecular weight excluding hydrogens is 366 g/mol. The number of hydrogen-bond acceptors (Lipinski definition) is 4. The number of amides is 1. The molecule has 1 aliphatic rings. The van der Waals surface area contributed by atoms with E-state index in [4.69, 9.17) is 16.6 Å². The Kier molecular flexibility index (Phi) is 5.00. The number of thiazole rings is 1. The van der Waals surface area contributed by atoms with Crippen molar-refractivity contribution < 1.29 is 4.79 Å². The number of benzene rings is 1. The van der Waals surface area contributed by atoms with Crippen molar-refractivity contribution in [2.24, 2.45) is 5.92 Å². The molecule has 1 amide bonds. The van der Waals surface area contributed by atoms with Crippen molar-refractivity contribution in [1.29, 1.82) is 0 Å². The highest BCUT2D eigenvalue weighted by molar-refractivity contribution is 7.15. The molecule has 0 aliphatic heterocycles.